The first-order valence-electron chi connectivity index (χ1n) is 18.7. The number of piperidine rings is 1. The molecule has 15 heteroatoms. The minimum absolute atomic E-state index is 0.0185. The Morgan fingerprint density at radius 3 is 2.06 bits per heavy atom. The van der Waals surface area contributed by atoms with Crippen LogP contribution in [0.4, 0.5) is 24.8 Å². The number of nitrogens with zero attached hydrogens (tertiary/aromatic N) is 6. The summed E-state index contributed by atoms with van der Waals surface area (Å²) in [6, 6.07) is 16.1. The SMILES string of the molecule is Cc1nc(C(F)(F)F)ccc1-c1cc(NC(=O)CCCN2CCC(c3ccc4cc(-c5cc(NC(=O)CCCN6CCCC6)n[nH]5)ccc4n3)CC2)n[nH]1. The van der Waals surface area contributed by atoms with E-state index in [0.717, 1.165) is 92.5 Å². The Labute approximate surface area is 311 Å². The molecule has 4 aromatic heterocycles. The fourth-order valence-corrected chi connectivity index (χ4v) is 7.39. The van der Waals surface area contributed by atoms with Gasteiger partial charge in [0.1, 0.15) is 5.69 Å². The van der Waals surface area contributed by atoms with Gasteiger partial charge in [-0.2, -0.15) is 23.4 Å². The normalized spacial score (nSPS) is 15.9. The maximum absolute atomic E-state index is 13.0. The molecule has 2 aliphatic heterocycles. The van der Waals surface area contributed by atoms with Crippen LogP contribution in [0.1, 0.15) is 74.4 Å². The fraction of sp³-hybridized carbons (Fsp3) is 0.436. The van der Waals surface area contributed by atoms with Gasteiger partial charge in [0.15, 0.2) is 11.6 Å². The molecule has 0 bridgehead atoms. The third kappa shape index (κ3) is 9.31. The smallest absolute Gasteiger partial charge is 0.309 e. The molecule has 2 saturated heterocycles. The number of halogens is 3. The van der Waals surface area contributed by atoms with Gasteiger partial charge in [-0.25, -0.2) is 4.98 Å². The quantitative estimate of drug-likeness (QED) is 0.0995. The molecule has 2 fully saturated rings. The standard InChI is InChI=1S/C39H45F3N10O2/c1-25-29(10-13-34(43-25)39(40,41)42)33-24-36(50-48-33)46-38(54)7-5-19-52-20-14-26(15-21-52)30-11-8-27-22-28(9-12-31(27)44-30)32-23-35(49-47-32)45-37(53)6-4-18-51-16-2-3-17-51/h8-13,22-24,26H,2-7,14-21H2,1H3,(H2,45,47,49,53)(H2,46,48,50,54). The fourth-order valence-electron chi connectivity index (χ4n) is 7.39. The van der Waals surface area contributed by atoms with Gasteiger partial charge >= 0.3 is 6.18 Å². The number of carbonyl (C=O) groups is 2. The Morgan fingerprint density at radius 2 is 1.41 bits per heavy atom. The van der Waals surface area contributed by atoms with E-state index in [9.17, 15) is 22.8 Å². The van der Waals surface area contributed by atoms with Crippen LogP contribution in [-0.2, 0) is 15.8 Å². The number of rotatable bonds is 13. The van der Waals surface area contributed by atoms with Crippen LogP contribution in [0.25, 0.3) is 33.4 Å². The molecule has 1 aromatic carbocycles. The molecular formula is C39H45F3N10O2. The van der Waals surface area contributed by atoms with E-state index in [2.05, 4.69) is 64.0 Å². The van der Waals surface area contributed by atoms with E-state index in [0.29, 0.717) is 48.1 Å². The van der Waals surface area contributed by atoms with Gasteiger partial charge in [0.25, 0.3) is 0 Å². The highest BCUT2D eigenvalue weighted by Crippen LogP contribution is 2.32. The number of aromatic nitrogens is 6. The molecule has 0 aliphatic carbocycles. The van der Waals surface area contributed by atoms with E-state index in [-0.39, 0.29) is 17.5 Å². The summed E-state index contributed by atoms with van der Waals surface area (Å²) in [6.45, 7) is 7.38. The van der Waals surface area contributed by atoms with Crippen molar-refractivity contribution in [3.63, 3.8) is 0 Å². The number of carbonyl (C=O) groups excluding carboxylic acids is 2. The van der Waals surface area contributed by atoms with Gasteiger partial charge in [-0.3, -0.25) is 24.8 Å². The molecule has 4 N–H and O–H groups in total. The van der Waals surface area contributed by atoms with Gasteiger partial charge in [0.2, 0.25) is 11.8 Å². The molecule has 284 valence electrons. The number of H-pyrrole nitrogens is 2. The summed E-state index contributed by atoms with van der Waals surface area (Å²) in [5, 5.41) is 21.0. The Bertz CT molecular complexity index is 2080. The van der Waals surface area contributed by atoms with Gasteiger partial charge in [0.05, 0.1) is 16.9 Å². The van der Waals surface area contributed by atoms with Gasteiger partial charge in [-0.05, 0) is 115 Å². The first kappa shape index (κ1) is 37.2. The molecule has 12 nitrogen and oxygen atoms in total. The zero-order chi connectivity index (χ0) is 37.7. The highest BCUT2D eigenvalue weighted by molar-refractivity contribution is 5.91. The first-order valence-corrected chi connectivity index (χ1v) is 18.7. The molecule has 0 saturated carbocycles. The van der Waals surface area contributed by atoms with Crippen molar-refractivity contribution >= 4 is 34.4 Å². The monoisotopic (exact) mass is 742 g/mol. The molecule has 0 atom stereocenters. The lowest BCUT2D eigenvalue weighted by molar-refractivity contribution is -0.141. The molecule has 0 unspecified atom stereocenters. The highest BCUT2D eigenvalue weighted by Gasteiger charge is 2.33. The summed E-state index contributed by atoms with van der Waals surface area (Å²) < 4.78 is 38.9. The maximum Gasteiger partial charge on any atom is 0.433 e. The van der Waals surface area contributed by atoms with E-state index in [4.69, 9.17) is 4.98 Å². The molecule has 6 heterocycles. The number of benzene rings is 1. The second-order valence-corrected chi connectivity index (χ2v) is 14.3. The Kier molecular flexibility index (Phi) is 11.3. The van der Waals surface area contributed by atoms with E-state index in [1.807, 2.05) is 18.2 Å². The number of nitrogens with one attached hydrogen (secondary N) is 4. The second kappa shape index (κ2) is 16.5. The van der Waals surface area contributed by atoms with Crippen LogP contribution in [0, 0.1) is 6.92 Å². The average Bonchev–Trinajstić information content (AvgIpc) is 3.95. The Hall–Kier alpha value is -5.15. The lowest BCUT2D eigenvalue weighted by Crippen LogP contribution is -2.34. The number of anilines is 2. The van der Waals surface area contributed by atoms with Crippen molar-refractivity contribution in [2.45, 2.75) is 70.4 Å². The van der Waals surface area contributed by atoms with Crippen LogP contribution in [-0.4, -0.2) is 91.2 Å². The van der Waals surface area contributed by atoms with Crippen LogP contribution in [0.15, 0.2) is 54.6 Å². The summed E-state index contributed by atoms with van der Waals surface area (Å²) in [4.78, 5) is 38.5. The minimum atomic E-state index is -4.52. The third-order valence-electron chi connectivity index (χ3n) is 10.3. The lowest BCUT2D eigenvalue weighted by atomic mass is 9.92. The van der Waals surface area contributed by atoms with E-state index < -0.39 is 11.9 Å². The Balaban J connectivity index is 0.837. The number of aryl methyl sites for hydroxylation is 1. The molecule has 54 heavy (non-hydrogen) atoms. The predicted molar refractivity (Wildman–Crippen MR) is 201 cm³/mol. The Morgan fingerprint density at radius 1 is 0.778 bits per heavy atom. The van der Waals surface area contributed by atoms with Crippen LogP contribution in [0.5, 0.6) is 0 Å². The topological polar surface area (TPSA) is 148 Å². The summed E-state index contributed by atoms with van der Waals surface area (Å²) >= 11 is 0. The molecule has 2 amide bonds. The largest absolute Gasteiger partial charge is 0.433 e. The summed E-state index contributed by atoms with van der Waals surface area (Å²) in [5.74, 6) is 1.00. The third-order valence-corrected chi connectivity index (χ3v) is 10.3. The van der Waals surface area contributed by atoms with Crippen molar-refractivity contribution in [3.8, 4) is 22.5 Å². The number of likely N-dealkylation sites (tertiary alicyclic amines) is 2. The zero-order valence-corrected chi connectivity index (χ0v) is 30.3. The van der Waals surface area contributed by atoms with Crippen LogP contribution < -0.4 is 10.6 Å². The van der Waals surface area contributed by atoms with Crippen molar-refractivity contribution in [2.75, 3.05) is 49.9 Å². The number of hydrogen-bond acceptors (Lipinski definition) is 8. The van der Waals surface area contributed by atoms with Crippen LogP contribution in [0.2, 0.25) is 0 Å². The first-order chi connectivity index (χ1) is 26.1. The summed E-state index contributed by atoms with van der Waals surface area (Å²) in [5.41, 5.74) is 4.04. The van der Waals surface area contributed by atoms with Crippen molar-refractivity contribution in [2.24, 2.45) is 0 Å². The molecule has 2 aliphatic rings. The predicted octanol–water partition coefficient (Wildman–Crippen LogP) is 7.15. The average molecular weight is 743 g/mol. The van der Waals surface area contributed by atoms with Crippen LogP contribution in [0.3, 0.4) is 0 Å². The zero-order valence-electron chi connectivity index (χ0n) is 30.3. The van der Waals surface area contributed by atoms with E-state index in [1.165, 1.54) is 25.8 Å². The van der Waals surface area contributed by atoms with Gasteiger partial charge in [-0.1, -0.05) is 12.1 Å². The van der Waals surface area contributed by atoms with Crippen molar-refractivity contribution in [3.05, 3.63) is 71.7 Å². The highest BCUT2D eigenvalue weighted by atomic mass is 19.4. The minimum Gasteiger partial charge on any atom is -0.309 e. The van der Waals surface area contributed by atoms with Crippen LogP contribution >= 0.6 is 0 Å². The molecule has 5 aromatic rings. The van der Waals surface area contributed by atoms with Crippen molar-refractivity contribution in [1.82, 2.24) is 40.2 Å². The van der Waals surface area contributed by atoms with Gasteiger partial charge in [0, 0.05) is 58.8 Å². The molecule has 7 rings (SSSR count). The second-order valence-electron chi connectivity index (χ2n) is 14.3. The van der Waals surface area contributed by atoms with Gasteiger partial charge < -0.3 is 20.4 Å². The van der Waals surface area contributed by atoms with Crippen molar-refractivity contribution in [1.29, 1.82) is 0 Å². The number of alkyl halides is 3. The maximum atomic E-state index is 13.0. The van der Waals surface area contributed by atoms with E-state index in [1.54, 1.807) is 6.07 Å². The summed E-state index contributed by atoms with van der Waals surface area (Å²) in [7, 11) is 0. The lowest BCUT2D eigenvalue weighted by Gasteiger charge is -2.31. The number of fused-ring (bicyclic) bond motifs is 1. The number of amides is 2. The molecule has 0 radical (unpaired) electrons. The number of aromatic amines is 2. The summed E-state index contributed by atoms with van der Waals surface area (Å²) in [6.07, 6.45) is 2.30. The van der Waals surface area contributed by atoms with Crippen molar-refractivity contribution < 1.29 is 22.8 Å². The van der Waals surface area contributed by atoms with E-state index >= 15 is 0 Å². The number of pyridine rings is 2. The molecule has 0 spiro atoms. The van der Waals surface area contributed by atoms with Gasteiger partial charge in [-0.15, -0.1) is 0 Å². The molecular weight excluding hydrogens is 697 g/mol. The number of hydrogen-bond donors (Lipinski definition) is 4.